The second kappa shape index (κ2) is 5.65. The Balaban J connectivity index is 1.79. The van der Waals surface area contributed by atoms with Crippen LogP contribution < -0.4 is 5.32 Å². The highest BCUT2D eigenvalue weighted by molar-refractivity contribution is 5.98. The Morgan fingerprint density at radius 1 is 1.13 bits per heavy atom. The molecule has 0 spiro atoms. The third kappa shape index (κ3) is 2.67. The number of hydrogen-bond donors (Lipinski definition) is 2. The highest BCUT2D eigenvalue weighted by atomic mass is 16.4. The first-order chi connectivity index (χ1) is 10.9. The van der Waals surface area contributed by atoms with E-state index in [1.54, 1.807) is 18.2 Å². The van der Waals surface area contributed by atoms with Crippen LogP contribution in [0, 0.1) is 30.6 Å². The second-order valence-corrected chi connectivity index (χ2v) is 6.41. The fourth-order valence-electron chi connectivity index (χ4n) is 3.88. The molecule has 4 atom stereocenters. The third-order valence-electron chi connectivity index (χ3n) is 4.92. The zero-order valence-electron chi connectivity index (χ0n) is 13.1. The van der Waals surface area contributed by atoms with E-state index in [9.17, 15) is 19.5 Å². The molecule has 2 bridgehead atoms. The standard InChI is InChI=1S/C18H19NO4/c1-9-7-13(5-6-14(9)10(2)20)19-17(21)15-11-3-4-12(8-11)16(15)18(22)23/h3-7,11-12,15-16H,8H2,1-2H3,(H,19,21)(H,22,23). The largest absolute Gasteiger partial charge is 0.481 e. The van der Waals surface area contributed by atoms with E-state index in [-0.39, 0.29) is 23.5 Å². The van der Waals surface area contributed by atoms with E-state index < -0.39 is 17.8 Å². The summed E-state index contributed by atoms with van der Waals surface area (Å²) in [6.07, 6.45) is 4.61. The number of aliphatic carboxylic acids is 1. The summed E-state index contributed by atoms with van der Waals surface area (Å²) in [5.41, 5.74) is 2.00. The molecule has 5 nitrogen and oxygen atoms in total. The molecule has 0 heterocycles. The van der Waals surface area contributed by atoms with E-state index in [0.29, 0.717) is 11.3 Å². The number of carbonyl (C=O) groups excluding carboxylic acids is 2. The SMILES string of the molecule is CC(=O)c1ccc(NC(=O)C2C3C=CC(C3)C2C(=O)O)cc1C. The van der Waals surface area contributed by atoms with Crippen molar-refractivity contribution in [1.82, 2.24) is 0 Å². The summed E-state index contributed by atoms with van der Waals surface area (Å²) in [6.45, 7) is 3.31. The van der Waals surface area contributed by atoms with Gasteiger partial charge in [0.15, 0.2) is 5.78 Å². The van der Waals surface area contributed by atoms with E-state index in [2.05, 4.69) is 5.32 Å². The Morgan fingerprint density at radius 2 is 1.78 bits per heavy atom. The Kier molecular flexibility index (Phi) is 3.80. The van der Waals surface area contributed by atoms with Gasteiger partial charge in [0, 0.05) is 11.3 Å². The molecular formula is C18H19NO4. The zero-order valence-corrected chi connectivity index (χ0v) is 13.1. The number of anilines is 1. The maximum absolute atomic E-state index is 12.6. The highest BCUT2D eigenvalue weighted by Crippen LogP contribution is 2.48. The first kappa shape index (κ1) is 15.5. The Bertz CT molecular complexity index is 722. The fourth-order valence-corrected chi connectivity index (χ4v) is 3.88. The maximum Gasteiger partial charge on any atom is 0.307 e. The number of carboxylic acid groups (broad SMARTS) is 1. The molecule has 120 valence electrons. The van der Waals surface area contributed by atoms with E-state index in [0.717, 1.165) is 12.0 Å². The van der Waals surface area contributed by atoms with Gasteiger partial charge in [0.25, 0.3) is 0 Å². The Labute approximate surface area is 134 Å². The van der Waals surface area contributed by atoms with Crippen LogP contribution in [-0.4, -0.2) is 22.8 Å². The monoisotopic (exact) mass is 313 g/mol. The van der Waals surface area contributed by atoms with Gasteiger partial charge in [-0.2, -0.15) is 0 Å². The molecule has 1 saturated carbocycles. The average Bonchev–Trinajstić information content (AvgIpc) is 3.07. The molecule has 0 aliphatic heterocycles. The lowest BCUT2D eigenvalue weighted by Crippen LogP contribution is -2.36. The van der Waals surface area contributed by atoms with Crippen LogP contribution in [-0.2, 0) is 9.59 Å². The van der Waals surface area contributed by atoms with Crippen molar-refractivity contribution in [3.8, 4) is 0 Å². The van der Waals surface area contributed by atoms with Crippen molar-refractivity contribution in [1.29, 1.82) is 0 Å². The number of rotatable bonds is 4. The number of aryl methyl sites for hydroxylation is 1. The minimum absolute atomic E-state index is 0.00121. The number of fused-ring (bicyclic) bond motifs is 2. The molecule has 0 aromatic heterocycles. The molecule has 1 aromatic carbocycles. The molecule has 1 aromatic rings. The van der Waals surface area contributed by atoms with Gasteiger partial charge in [-0.1, -0.05) is 12.2 Å². The Morgan fingerprint density at radius 3 is 2.35 bits per heavy atom. The minimum atomic E-state index is -0.912. The summed E-state index contributed by atoms with van der Waals surface area (Å²) in [5, 5.41) is 12.2. The lowest BCUT2D eigenvalue weighted by molar-refractivity contribution is -0.146. The average molecular weight is 313 g/mol. The predicted octanol–water partition coefficient (Wildman–Crippen LogP) is 2.66. The molecule has 0 radical (unpaired) electrons. The van der Waals surface area contributed by atoms with Crippen molar-refractivity contribution in [3.63, 3.8) is 0 Å². The van der Waals surface area contributed by atoms with Crippen molar-refractivity contribution in [3.05, 3.63) is 41.5 Å². The van der Waals surface area contributed by atoms with Crippen LogP contribution in [0.1, 0.15) is 29.3 Å². The molecule has 23 heavy (non-hydrogen) atoms. The normalized spacial score (nSPS) is 27.9. The fraction of sp³-hybridized carbons (Fsp3) is 0.389. The van der Waals surface area contributed by atoms with Crippen molar-refractivity contribution in [2.24, 2.45) is 23.7 Å². The number of benzene rings is 1. The van der Waals surface area contributed by atoms with Gasteiger partial charge < -0.3 is 10.4 Å². The molecule has 4 unspecified atom stereocenters. The van der Waals surface area contributed by atoms with Gasteiger partial charge >= 0.3 is 5.97 Å². The van der Waals surface area contributed by atoms with Crippen LogP contribution in [0.25, 0.3) is 0 Å². The number of hydrogen-bond acceptors (Lipinski definition) is 3. The topological polar surface area (TPSA) is 83.5 Å². The number of carbonyl (C=O) groups is 3. The number of Topliss-reactive ketones (excluding diaryl/α,β-unsaturated/α-hetero) is 1. The van der Waals surface area contributed by atoms with Crippen molar-refractivity contribution in [2.45, 2.75) is 20.3 Å². The first-order valence-electron chi connectivity index (χ1n) is 7.72. The predicted molar refractivity (Wildman–Crippen MR) is 85.2 cm³/mol. The van der Waals surface area contributed by atoms with Crippen LogP contribution in [0.3, 0.4) is 0 Å². The lowest BCUT2D eigenvalue weighted by atomic mass is 9.82. The molecule has 1 amide bonds. The number of carboxylic acids is 1. The summed E-state index contributed by atoms with van der Waals surface area (Å²) in [6, 6.07) is 5.11. The zero-order chi connectivity index (χ0) is 16.7. The van der Waals surface area contributed by atoms with Crippen molar-refractivity contribution < 1.29 is 19.5 Å². The van der Waals surface area contributed by atoms with Crippen molar-refractivity contribution >= 4 is 23.3 Å². The molecule has 2 aliphatic carbocycles. The van der Waals surface area contributed by atoms with E-state index in [4.69, 9.17) is 0 Å². The summed E-state index contributed by atoms with van der Waals surface area (Å²) in [7, 11) is 0. The second-order valence-electron chi connectivity index (χ2n) is 6.41. The van der Waals surface area contributed by atoms with Crippen LogP contribution in [0.4, 0.5) is 5.69 Å². The van der Waals surface area contributed by atoms with Gasteiger partial charge in [-0.05, 0) is 55.9 Å². The van der Waals surface area contributed by atoms with E-state index in [1.165, 1.54) is 6.92 Å². The molecule has 0 saturated heterocycles. The molecule has 2 N–H and O–H groups in total. The molecular weight excluding hydrogens is 294 g/mol. The summed E-state index contributed by atoms with van der Waals surface area (Å²) in [4.78, 5) is 35.5. The van der Waals surface area contributed by atoms with Crippen LogP contribution in [0.15, 0.2) is 30.4 Å². The molecule has 1 fully saturated rings. The quantitative estimate of drug-likeness (QED) is 0.661. The van der Waals surface area contributed by atoms with Crippen molar-refractivity contribution in [2.75, 3.05) is 5.32 Å². The number of amides is 1. The summed E-state index contributed by atoms with van der Waals surface area (Å²) in [5.74, 6) is -2.43. The molecule has 5 heteroatoms. The van der Waals surface area contributed by atoms with Gasteiger partial charge in [0.05, 0.1) is 11.8 Å². The first-order valence-corrected chi connectivity index (χ1v) is 7.72. The van der Waals surface area contributed by atoms with Gasteiger partial charge in [0.1, 0.15) is 0 Å². The van der Waals surface area contributed by atoms with Crippen LogP contribution in [0.5, 0.6) is 0 Å². The third-order valence-corrected chi connectivity index (χ3v) is 4.92. The smallest absolute Gasteiger partial charge is 0.307 e. The van der Waals surface area contributed by atoms with Crippen LogP contribution in [0.2, 0.25) is 0 Å². The number of nitrogens with one attached hydrogen (secondary N) is 1. The number of ketones is 1. The lowest BCUT2D eigenvalue weighted by Gasteiger charge is -2.24. The summed E-state index contributed by atoms with van der Waals surface area (Å²) < 4.78 is 0. The van der Waals surface area contributed by atoms with E-state index in [1.807, 2.05) is 19.1 Å². The highest BCUT2D eigenvalue weighted by Gasteiger charge is 2.51. The number of allylic oxidation sites excluding steroid dienone is 2. The molecule has 2 aliphatic rings. The van der Waals surface area contributed by atoms with E-state index >= 15 is 0 Å². The van der Waals surface area contributed by atoms with Gasteiger partial charge in [0.2, 0.25) is 5.91 Å². The van der Waals surface area contributed by atoms with Gasteiger partial charge in [-0.3, -0.25) is 14.4 Å². The van der Waals surface area contributed by atoms with Crippen LogP contribution >= 0.6 is 0 Å². The Hall–Kier alpha value is -2.43. The summed E-state index contributed by atoms with van der Waals surface area (Å²) >= 11 is 0. The minimum Gasteiger partial charge on any atom is -0.481 e. The molecule has 3 rings (SSSR count). The van der Waals surface area contributed by atoms with Gasteiger partial charge in [-0.25, -0.2) is 0 Å². The van der Waals surface area contributed by atoms with Gasteiger partial charge in [-0.15, -0.1) is 0 Å². The maximum atomic E-state index is 12.6.